The highest BCUT2D eigenvalue weighted by molar-refractivity contribution is 6.36. The quantitative estimate of drug-likeness (QED) is 0.375. The van der Waals surface area contributed by atoms with Crippen molar-refractivity contribution >= 4 is 40.1 Å². The van der Waals surface area contributed by atoms with E-state index in [0.717, 1.165) is 48.1 Å². The van der Waals surface area contributed by atoms with Crippen LogP contribution in [-0.2, 0) is 17.8 Å². The number of rotatable bonds is 9. The highest BCUT2D eigenvalue weighted by Gasteiger charge is 2.14. The molecule has 0 aliphatic rings. The van der Waals surface area contributed by atoms with Crippen LogP contribution in [0.4, 0.5) is 0 Å². The van der Waals surface area contributed by atoms with E-state index in [2.05, 4.69) is 22.5 Å². The molecule has 1 N–H and O–H groups in total. The van der Waals surface area contributed by atoms with E-state index in [1.165, 1.54) is 6.08 Å². The number of carbonyl (C=O) groups excluding carboxylic acids is 1. The zero-order valence-electron chi connectivity index (χ0n) is 15.6. The van der Waals surface area contributed by atoms with Crippen molar-refractivity contribution in [1.82, 2.24) is 14.9 Å². The first-order valence-corrected chi connectivity index (χ1v) is 10.1. The van der Waals surface area contributed by atoms with Gasteiger partial charge < -0.3 is 9.88 Å². The van der Waals surface area contributed by atoms with Gasteiger partial charge in [0.15, 0.2) is 0 Å². The van der Waals surface area contributed by atoms with Crippen LogP contribution >= 0.6 is 23.2 Å². The second-order valence-corrected chi connectivity index (χ2v) is 7.42. The van der Waals surface area contributed by atoms with Gasteiger partial charge in [0.2, 0.25) is 5.91 Å². The molecular weight excluding hydrogens is 393 g/mol. The van der Waals surface area contributed by atoms with Crippen molar-refractivity contribution in [3.05, 3.63) is 76.6 Å². The van der Waals surface area contributed by atoms with Crippen LogP contribution in [-0.4, -0.2) is 22.0 Å². The number of aryl methyl sites for hydroxylation is 1. The molecule has 146 valence electrons. The molecule has 3 aromatic rings. The monoisotopic (exact) mass is 415 g/mol. The Morgan fingerprint density at radius 3 is 2.57 bits per heavy atom. The van der Waals surface area contributed by atoms with Crippen LogP contribution in [0.1, 0.15) is 30.7 Å². The van der Waals surface area contributed by atoms with E-state index in [9.17, 15) is 4.79 Å². The smallest absolute Gasteiger partial charge is 0.243 e. The standard InChI is InChI=1S/C22H23Cl2N3O/c1-2-22(28)25-14-7-3-4-13-21-26-19-11-5-6-12-20(19)27(21)15-16-17(23)9-8-10-18(16)24/h2,5-6,8-12H,1,3-4,7,13-15H2,(H,25,28). The molecule has 0 radical (unpaired) electrons. The number of hydrogen-bond donors (Lipinski definition) is 1. The Morgan fingerprint density at radius 1 is 1.07 bits per heavy atom. The fourth-order valence-corrected chi connectivity index (χ4v) is 3.72. The maximum atomic E-state index is 11.2. The Balaban J connectivity index is 1.72. The Labute approximate surface area is 175 Å². The normalized spacial score (nSPS) is 10.9. The van der Waals surface area contributed by atoms with Crippen LogP contribution in [0, 0.1) is 0 Å². The number of hydrogen-bond acceptors (Lipinski definition) is 2. The summed E-state index contributed by atoms with van der Waals surface area (Å²) in [5.74, 6) is 0.894. The number of amides is 1. The van der Waals surface area contributed by atoms with Crippen LogP contribution in [0.25, 0.3) is 11.0 Å². The minimum absolute atomic E-state index is 0.126. The summed E-state index contributed by atoms with van der Waals surface area (Å²) in [5.41, 5.74) is 2.95. The number of halogens is 2. The lowest BCUT2D eigenvalue weighted by molar-refractivity contribution is -0.116. The Bertz CT molecular complexity index is 961. The molecule has 3 rings (SSSR count). The van der Waals surface area contributed by atoms with Crippen LogP contribution in [0.2, 0.25) is 10.0 Å². The summed E-state index contributed by atoms with van der Waals surface area (Å²) >= 11 is 12.8. The summed E-state index contributed by atoms with van der Waals surface area (Å²) in [6.07, 6.45) is 5.07. The van der Waals surface area contributed by atoms with Crippen molar-refractivity contribution < 1.29 is 4.79 Å². The lowest BCUT2D eigenvalue weighted by Crippen LogP contribution is -2.21. The topological polar surface area (TPSA) is 46.9 Å². The van der Waals surface area contributed by atoms with E-state index in [-0.39, 0.29) is 5.91 Å². The van der Waals surface area contributed by atoms with Gasteiger partial charge in [0, 0.05) is 28.6 Å². The Hall–Kier alpha value is -2.30. The Kier molecular flexibility index (Phi) is 7.12. The van der Waals surface area contributed by atoms with Gasteiger partial charge in [0.05, 0.1) is 17.6 Å². The number of nitrogens with one attached hydrogen (secondary N) is 1. The van der Waals surface area contributed by atoms with E-state index in [1.807, 2.05) is 36.4 Å². The number of imidazole rings is 1. The highest BCUT2D eigenvalue weighted by atomic mass is 35.5. The van der Waals surface area contributed by atoms with Gasteiger partial charge in [-0.2, -0.15) is 0 Å². The number of aromatic nitrogens is 2. The number of unbranched alkanes of at least 4 members (excludes halogenated alkanes) is 2. The third-order valence-electron chi connectivity index (χ3n) is 4.67. The fourth-order valence-electron chi connectivity index (χ4n) is 3.20. The van der Waals surface area contributed by atoms with Crippen LogP contribution in [0.15, 0.2) is 55.1 Å². The molecule has 28 heavy (non-hydrogen) atoms. The maximum Gasteiger partial charge on any atom is 0.243 e. The van der Waals surface area contributed by atoms with Gasteiger partial charge in [-0.1, -0.05) is 54.4 Å². The first-order valence-electron chi connectivity index (χ1n) is 9.37. The molecule has 0 aliphatic heterocycles. The van der Waals surface area contributed by atoms with E-state index >= 15 is 0 Å². The molecule has 0 saturated carbocycles. The number of fused-ring (bicyclic) bond motifs is 1. The van der Waals surface area contributed by atoms with Crippen molar-refractivity contribution in [3.8, 4) is 0 Å². The molecule has 0 spiro atoms. The molecule has 1 amide bonds. The summed E-state index contributed by atoms with van der Waals surface area (Å²) in [6.45, 7) is 4.70. The minimum atomic E-state index is -0.126. The van der Waals surface area contributed by atoms with Crippen molar-refractivity contribution in [2.45, 2.75) is 32.2 Å². The highest BCUT2D eigenvalue weighted by Crippen LogP contribution is 2.28. The van der Waals surface area contributed by atoms with Gasteiger partial charge >= 0.3 is 0 Å². The summed E-state index contributed by atoms with van der Waals surface area (Å²) in [5, 5.41) is 4.12. The summed E-state index contributed by atoms with van der Waals surface area (Å²) < 4.78 is 2.20. The third-order valence-corrected chi connectivity index (χ3v) is 5.38. The van der Waals surface area contributed by atoms with Gasteiger partial charge in [0.25, 0.3) is 0 Å². The third kappa shape index (κ3) is 4.94. The van der Waals surface area contributed by atoms with E-state index in [0.29, 0.717) is 23.1 Å². The van der Waals surface area contributed by atoms with Gasteiger partial charge in [-0.25, -0.2) is 4.98 Å². The summed E-state index contributed by atoms with van der Waals surface area (Å²) in [6, 6.07) is 13.7. The molecule has 6 heteroatoms. The van der Waals surface area contributed by atoms with Gasteiger partial charge in [-0.3, -0.25) is 4.79 Å². The molecule has 1 aromatic heterocycles. The number of carbonyl (C=O) groups is 1. The average molecular weight is 416 g/mol. The molecular formula is C22H23Cl2N3O. The molecule has 0 unspecified atom stereocenters. The van der Waals surface area contributed by atoms with Gasteiger partial charge in [-0.15, -0.1) is 0 Å². The summed E-state index contributed by atoms with van der Waals surface area (Å²) in [4.78, 5) is 16.0. The molecule has 4 nitrogen and oxygen atoms in total. The van der Waals surface area contributed by atoms with Crippen LogP contribution in [0.3, 0.4) is 0 Å². The summed E-state index contributed by atoms with van der Waals surface area (Å²) in [7, 11) is 0. The lowest BCUT2D eigenvalue weighted by Gasteiger charge is -2.12. The van der Waals surface area contributed by atoms with Crippen molar-refractivity contribution in [1.29, 1.82) is 0 Å². The first-order chi connectivity index (χ1) is 13.6. The van der Waals surface area contributed by atoms with Crippen molar-refractivity contribution in [2.75, 3.05) is 6.54 Å². The van der Waals surface area contributed by atoms with E-state index in [1.54, 1.807) is 0 Å². The van der Waals surface area contributed by atoms with E-state index < -0.39 is 0 Å². The van der Waals surface area contributed by atoms with E-state index in [4.69, 9.17) is 28.2 Å². The maximum absolute atomic E-state index is 11.2. The van der Waals surface area contributed by atoms with Crippen molar-refractivity contribution in [2.24, 2.45) is 0 Å². The van der Waals surface area contributed by atoms with Gasteiger partial charge in [-0.05, 0) is 43.2 Å². The SMILES string of the molecule is C=CC(=O)NCCCCCc1nc2ccccc2n1Cc1c(Cl)cccc1Cl. The van der Waals surface area contributed by atoms with Crippen LogP contribution < -0.4 is 5.32 Å². The lowest BCUT2D eigenvalue weighted by atomic mass is 10.1. The number of benzene rings is 2. The van der Waals surface area contributed by atoms with Crippen LogP contribution in [0.5, 0.6) is 0 Å². The zero-order chi connectivity index (χ0) is 19.9. The van der Waals surface area contributed by atoms with Gasteiger partial charge in [0.1, 0.15) is 5.82 Å². The predicted molar refractivity (Wildman–Crippen MR) is 116 cm³/mol. The molecule has 2 aromatic carbocycles. The molecule has 1 heterocycles. The Morgan fingerprint density at radius 2 is 1.82 bits per heavy atom. The molecule has 0 saturated heterocycles. The number of nitrogens with zero attached hydrogens (tertiary/aromatic N) is 2. The predicted octanol–water partition coefficient (Wildman–Crippen LogP) is 5.41. The van der Waals surface area contributed by atoms with Crippen molar-refractivity contribution in [3.63, 3.8) is 0 Å². The molecule has 0 aliphatic carbocycles. The number of para-hydroxylation sites is 2. The molecule has 0 bridgehead atoms. The first kappa shape index (κ1) is 20.4. The minimum Gasteiger partial charge on any atom is -0.353 e. The second kappa shape index (κ2) is 9.76. The molecule has 0 atom stereocenters. The second-order valence-electron chi connectivity index (χ2n) is 6.61. The average Bonchev–Trinajstić information content (AvgIpc) is 3.04. The zero-order valence-corrected chi connectivity index (χ0v) is 17.1. The molecule has 0 fully saturated rings. The largest absolute Gasteiger partial charge is 0.353 e. The fraction of sp³-hybridized carbons (Fsp3) is 0.273.